The number of sulfonamides is 1. The molecule has 2 aromatic carbocycles. The molecule has 0 bridgehead atoms. The zero-order valence-corrected chi connectivity index (χ0v) is 30.3. The molecule has 1 fully saturated rings. The van der Waals surface area contributed by atoms with Crippen LogP contribution in [0, 0.1) is 18.8 Å². The number of carbonyl (C=O) groups is 2. The first-order valence-corrected chi connectivity index (χ1v) is 18.6. The number of pyridine rings is 1. The van der Waals surface area contributed by atoms with E-state index in [1.165, 1.54) is 34.8 Å². The smallest absolute Gasteiger partial charge is 0.321 e. The lowest BCUT2D eigenvalue weighted by molar-refractivity contribution is -0.128. The van der Waals surface area contributed by atoms with Gasteiger partial charge in [-0.3, -0.25) is 9.78 Å². The second-order valence-electron chi connectivity index (χ2n) is 13.4. The molecule has 4 rings (SSSR count). The highest BCUT2D eigenvalue weighted by Crippen LogP contribution is 2.24. The predicted molar refractivity (Wildman–Crippen MR) is 192 cm³/mol. The molecule has 0 aliphatic carbocycles. The molecule has 1 aliphatic heterocycles. The van der Waals surface area contributed by atoms with Gasteiger partial charge in [0.05, 0.1) is 23.3 Å². The maximum atomic E-state index is 14.3. The van der Waals surface area contributed by atoms with Gasteiger partial charge in [0.25, 0.3) is 0 Å². The van der Waals surface area contributed by atoms with Gasteiger partial charge in [-0.1, -0.05) is 87.8 Å². The number of nitrogens with zero attached hydrogens (tertiary/aromatic N) is 5. The number of oxime groups is 1. The fourth-order valence-corrected chi connectivity index (χ4v) is 7.82. The Morgan fingerprint density at radius 3 is 2.36 bits per heavy atom. The summed E-state index contributed by atoms with van der Waals surface area (Å²) in [5, 5.41) is 26.7. The number of nitrogens with one attached hydrogen (secondary N) is 1. The van der Waals surface area contributed by atoms with E-state index in [-0.39, 0.29) is 42.3 Å². The number of benzene rings is 2. The zero-order valence-electron chi connectivity index (χ0n) is 29.5. The van der Waals surface area contributed by atoms with Crippen LogP contribution in [0.15, 0.2) is 83.0 Å². The van der Waals surface area contributed by atoms with Crippen LogP contribution in [0.1, 0.15) is 56.5 Å². The minimum Gasteiger partial charge on any atom is -0.411 e. The highest BCUT2D eigenvalue weighted by Gasteiger charge is 2.41. The van der Waals surface area contributed by atoms with E-state index in [1.54, 1.807) is 16.0 Å². The van der Waals surface area contributed by atoms with Crippen molar-refractivity contribution in [1.29, 1.82) is 0 Å². The molecule has 0 unspecified atom stereocenters. The first kappa shape index (κ1) is 38.5. The standard InChI is InChI=1S/C37H50N6O6S/c1-6-27(4)35(43-20-19-41(37(43)46)24-31-13-10-18-38-28(31)5)36(45)40-33(21-29-11-8-7-9-12-29)34(44)25-42(23-26(2)3)50(48,49)32-16-14-30(15-17-32)22-39-47/h7-18,22,26-27,33-35,44,47H,6,19-21,23-25H2,1-5H3,(H,40,45)/t27-,33-,34+,35-/m0/s1. The molecule has 1 saturated heterocycles. The monoisotopic (exact) mass is 706 g/mol. The van der Waals surface area contributed by atoms with Gasteiger partial charge in [0.1, 0.15) is 6.04 Å². The van der Waals surface area contributed by atoms with Crippen LogP contribution in [0.5, 0.6) is 0 Å². The molecule has 3 aromatic rings. The van der Waals surface area contributed by atoms with Gasteiger partial charge >= 0.3 is 6.03 Å². The summed E-state index contributed by atoms with van der Waals surface area (Å²) in [7, 11) is -4.06. The van der Waals surface area contributed by atoms with Crippen molar-refractivity contribution in [2.24, 2.45) is 17.0 Å². The Kier molecular flexibility index (Phi) is 13.5. The average Bonchev–Trinajstić information content (AvgIpc) is 3.44. The van der Waals surface area contributed by atoms with Crippen molar-refractivity contribution in [2.75, 3.05) is 26.2 Å². The van der Waals surface area contributed by atoms with Crippen molar-refractivity contribution in [3.63, 3.8) is 0 Å². The maximum absolute atomic E-state index is 14.3. The van der Waals surface area contributed by atoms with Gasteiger partial charge in [-0.25, -0.2) is 13.2 Å². The summed E-state index contributed by atoms with van der Waals surface area (Å²) in [6.07, 6.45) is 2.51. The third-order valence-electron chi connectivity index (χ3n) is 9.17. The van der Waals surface area contributed by atoms with E-state index in [4.69, 9.17) is 5.21 Å². The second-order valence-corrected chi connectivity index (χ2v) is 15.3. The Hall–Kier alpha value is -4.33. The number of urea groups is 1. The van der Waals surface area contributed by atoms with Crippen molar-refractivity contribution < 1.29 is 28.3 Å². The SMILES string of the molecule is CC[C@H](C)[C@@H](C(=O)N[C@@H](Cc1ccccc1)[C@H](O)CN(CC(C)C)S(=O)(=O)c1ccc(C=NO)cc1)N1CCN(Cc2cccnc2C)C1=O. The van der Waals surface area contributed by atoms with E-state index >= 15 is 0 Å². The fraction of sp³-hybridized carbons (Fsp3) is 0.459. The number of rotatable bonds is 17. The number of aliphatic hydroxyl groups is 1. The van der Waals surface area contributed by atoms with E-state index in [0.29, 0.717) is 31.6 Å². The normalized spacial score (nSPS) is 16.3. The van der Waals surface area contributed by atoms with Gasteiger partial charge in [-0.2, -0.15) is 4.31 Å². The zero-order chi connectivity index (χ0) is 36.4. The Balaban J connectivity index is 1.59. The van der Waals surface area contributed by atoms with Crippen LogP contribution < -0.4 is 5.32 Å². The molecule has 0 spiro atoms. The predicted octanol–water partition coefficient (Wildman–Crippen LogP) is 4.29. The van der Waals surface area contributed by atoms with Crippen molar-refractivity contribution in [3.05, 3.63) is 95.3 Å². The van der Waals surface area contributed by atoms with Crippen molar-refractivity contribution in [1.82, 2.24) is 24.4 Å². The topological polar surface area (TPSA) is 156 Å². The third kappa shape index (κ3) is 9.67. The van der Waals surface area contributed by atoms with E-state index in [9.17, 15) is 23.1 Å². The van der Waals surface area contributed by atoms with Gasteiger partial charge in [-0.05, 0) is 60.1 Å². The van der Waals surface area contributed by atoms with Crippen molar-refractivity contribution in [2.45, 2.75) is 77.1 Å². The Labute approximate surface area is 295 Å². The van der Waals surface area contributed by atoms with Crippen LogP contribution in [0.25, 0.3) is 0 Å². The summed E-state index contributed by atoms with van der Waals surface area (Å²) < 4.78 is 29.0. The highest BCUT2D eigenvalue weighted by molar-refractivity contribution is 7.89. The summed E-state index contributed by atoms with van der Waals surface area (Å²) in [4.78, 5) is 35.7. The molecule has 270 valence electrons. The number of amides is 3. The molecule has 1 aromatic heterocycles. The first-order chi connectivity index (χ1) is 23.8. The summed E-state index contributed by atoms with van der Waals surface area (Å²) >= 11 is 0. The van der Waals surface area contributed by atoms with Crippen LogP contribution in [0.4, 0.5) is 4.79 Å². The Morgan fingerprint density at radius 1 is 1.04 bits per heavy atom. The molecular weight excluding hydrogens is 657 g/mol. The molecule has 1 aliphatic rings. The van der Waals surface area contributed by atoms with Crippen molar-refractivity contribution >= 4 is 28.2 Å². The summed E-state index contributed by atoms with van der Waals surface area (Å²) in [6, 6.07) is 17.2. The van der Waals surface area contributed by atoms with Crippen molar-refractivity contribution in [3.8, 4) is 0 Å². The first-order valence-electron chi connectivity index (χ1n) is 17.1. The minimum absolute atomic E-state index is 0.0273. The van der Waals surface area contributed by atoms with Gasteiger partial charge < -0.3 is 25.4 Å². The average molecular weight is 707 g/mol. The molecule has 50 heavy (non-hydrogen) atoms. The number of aromatic nitrogens is 1. The van der Waals surface area contributed by atoms with Crippen LogP contribution in [-0.4, -0.2) is 100 Å². The molecule has 2 heterocycles. The lowest BCUT2D eigenvalue weighted by Crippen LogP contribution is -2.57. The van der Waals surface area contributed by atoms with E-state index in [1.807, 2.05) is 77.1 Å². The van der Waals surface area contributed by atoms with E-state index in [2.05, 4.69) is 15.5 Å². The summed E-state index contributed by atoms with van der Waals surface area (Å²) in [6.45, 7) is 10.7. The quantitative estimate of drug-likeness (QED) is 0.108. The van der Waals surface area contributed by atoms with E-state index < -0.39 is 34.1 Å². The Morgan fingerprint density at radius 2 is 1.74 bits per heavy atom. The Bertz CT molecular complexity index is 1700. The van der Waals surface area contributed by atoms with Crippen LogP contribution in [0.3, 0.4) is 0 Å². The largest absolute Gasteiger partial charge is 0.411 e. The van der Waals surface area contributed by atoms with Gasteiger partial charge in [0.15, 0.2) is 0 Å². The summed E-state index contributed by atoms with van der Waals surface area (Å²) in [5.74, 6) is -0.647. The minimum atomic E-state index is -4.06. The number of aryl methyl sites for hydroxylation is 1. The number of carbonyl (C=O) groups excluding carboxylic acids is 2. The van der Waals surface area contributed by atoms with E-state index in [0.717, 1.165) is 16.8 Å². The molecule has 13 heteroatoms. The molecule has 3 N–H and O–H groups in total. The lowest BCUT2D eigenvalue weighted by atomic mass is 9.95. The summed E-state index contributed by atoms with van der Waals surface area (Å²) in [5.41, 5.74) is 3.16. The highest BCUT2D eigenvalue weighted by atomic mass is 32.2. The van der Waals surface area contributed by atoms with Gasteiger partial charge in [0, 0.05) is 44.6 Å². The van der Waals surface area contributed by atoms with Crippen LogP contribution >= 0.6 is 0 Å². The maximum Gasteiger partial charge on any atom is 0.321 e. The molecule has 12 nitrogen and oxygen atoms in total. The van der Waals surface area contributed by atoms with Crippen LogP contribution in [0.2, 0.25) is 0 Å². The number of hydrogen-bond donors (Lipinski definition) is 3. The third-order valence-corrected chi connectivity index (χ3v) is 11.0. The second kappa shape index (κ2) is 17.6. The molecule has 3 amide bonds. The van der Waals surface area contributed by atoms with Crippen LogP contribution in [-0.2, 0) is 27.8 Å². The molecule has 4 atom stereocenters. The molecule has 0 radical (unpaired) electrons. The van der Waals surface area contributed by atoms with Gasteiger partial charge in [0.2, 0.25) is 15.9 Å². The molecule has 0 saturated carbocycles. The lowest BCUT2D eigenvalue weighted by Gasteiger charge is -2.35. The fourth-order valence-electron chi connectivity index (χ4n) is 6.20. The number of aliphatic hydroxyl groups excluding tert-OH is 1. The molecular formula is C37H50N6O6S. The number of hydrogen-bond acceptors (Lipinski definition) is 8. The van der Waals surface area contributed by atoms with Gasteiger partial charge in [-0.15, -0.1) is 0 Å².